The zero-order chi connectivity index (χ0) is 41.0. The molecular formula is C38H57F3N6O8. The summed E-state index contributed by atoms with van der Waals surface area (Å²) in [5, 5.41) is 20.4. The first-order chi connectivity index (χ1) is 25.8. The van der Waals surface area contributed by atoms with Gasteiger partial charge in [0.1, 0.15) is 36.8 Å². The molecule has 308 valence electrons. The van der Waals surface area contributed by atoms with Crippen LogP contribution in [-0.2, 0) is 39.9 Å². The predicted octanol–water partition coefficient (Wildman–Crippen LogP) is 1.79. The summed E-state index contributed by atoms with van der Waals surface area (Å²) in [5.74, 6) is -7.25. The van der Waals surface area contributed by atoms with Gasteiger partial charge in [-0.1, -0.05) is 62.9 Å². The van der Waals surface area contributed by atoms with Crippen LogP contribution in [0.1, 0.15) is 83.3 Å². The molecule has 1 saturated carbocycles. The topological polar surface area (TPSA) is 209 Å². The molecule has 1 aliphatic carbocycles. The number of aliphatic hydroxyl groups is 1. The number of aliphatic hydroxyl groups excluding tert-OH is 1. The molecule has 0 aromatic heterocycles. The summed E-state index contributed by atoms with van der Waals surface area (Å²) in [6.07, 6.45) is -6.49. The van der Waals surface area contributed by atoms with E-state index in [9.17, 15) is 47.0 Å². The third-order valence-electron chi connectivity index (χ3n) is 10.2. The van der Waals surface area contributed by atoms with Gasteiger partial charge in [0.2, 0.25) is 29.5 Å². The van der Waals surface area contributed by atoms with Crippen LogP contribution in [0, 0.1) is 24.7 Å². The molecule has 55 heavy (non-hydrogen) atoms. The predicted molar refractivity (Wildman–Crippen MR) is 196 cm³/mol. The van der Waals surface area contributed by atoms with Crippen LogP contribution < -0.4 is 27.0 Å². The van der Waals surface area contributed by atoms with Crippen LogP contribution in [0.2, 0.25) is 0 Å². The average Bonchev–Trinajstić information content (AvgIpc) is 3.13. The van der Waals surface area contributed by atoms with E-state index >= 15 is 0 Å². The lowest BCUT2D eigenvalue weighted by atomic mass is 9.83. The number of amides is 5. The first kappa shape index (κ1) is 45.1. The van der Waals surface area contributed by atoms with Crippen molar-refractivity contribution in [2.75, 3.05) is 20.1 Å². The molecule has 1 saturated heterocycles. The van der Waals surface area contributed by atoms with Crippen molar-refractivity contribution in [3.63, 3.8) is 0 Å². The molecule has 1 heterocycles. The van der Waals surface area contributed by atoms with Gasteiger partial charge >= 0.3 is 12.1 Å². The van der Waals surface area contributed by atoms with Gasteiger partial charge in [0.15, 0.2) is 0 Å². The summed E-state index contributed by atoms with van der Waals surface area (Å²) in [4.78, 5) is 83.8. The van der Waals surface area contributed by atoms with Gasteiger partial charge in [0.05, 0.1) is 12.0 Å². The quantitative estimate of drug-likeness (QED) is 0.202. The second kappa shape index (κ2) is 20.6. The second-order valence-corrected chi connectivity index (χ2v) is 15.2. The molecule has 0 spiro atoms. The van der Waals surface area contributed by atoms with Gasteiger partial charge in [0, 0.05) is 20.0 Å². The van der Waals surface area contributed by atoms with Crippen LogP contribution in [0.5, 0.6) is 0 Å². The van der Waals surface area contributed by atoms with Crippen molar-refractivity contribution in [2.24, 2.45) is 23.5 Å². The number of nitrogens with two attached hydrogens (primary N) is 1. The molecule has 1 unspecified atom stereocenters. The number of hydrogen-bond donors (Lipinski definition) is 6. The normalized spacial score (nSPS) is 26.9. The summed E-state index contributed by atoms with van der Waals surface area (Å²) >= 11 is 0. The largest absolute Gasteiger partial charge is 0.460 e. The number of nitrogens with zero attached hydrogens (tertiary/aromatic N) is 1. The standard InChI is InChI=1S/C38H57F3N6O8/c1-21(2)17-28-34(51)46-32(25-9-7-6-8-10-25)36(53)44-27(19-42)33(50)45-31(23(4)48)35(52)43-20-30(49)55-29(15-16-38(39,40)41)26(37(54)47(28)5)18-24-13-11-22(3)12-14-24/h11-14,21,23,25-29,31-32,48H,6-10,15-20,42H2,1-5H3,(H,43,52)(H,44,53)(H,45,50)(H,46,51)/t23?,26-,27+,28+,29-,31+,32+/m1/s1. The highest BCUT2D eigenvalue weighted by Gasteiger charge is 2.42. The fourth-order valence-corrected chi connectivity index (χ4v) is 7.05. The molecule has 7 atom stereocenters. The molecule has 3 rings (SSSR count). The van der Waals surface area contributed by atoms with E-state index in [0.717, 1.165) is 29.7 Å². The SMILES string of the molecule is Cc1ccc(C[C@H]2C(=O)N(C)[C@@H](CC(C)C)C(=O)N[C@@H](C3CCCCC3)C(=O)N[C@@H](CN)C(=O)N[C@@H](C(C)O)C(=O)NCC(=O)O[C@@H]2CCC(F)(F)F)cc1. The van der Waals surface area contributed by atoms with E-state index in [4.69, 9.17) is 10.5 Å². The molecule has 2 fully saturated rings. The Morgan fingerprint density at radius 1 is 0.909 bits per heavy atom. The Kier molecular flexibility index (Phi) is 16.9. The van der Waals surface area contributed by atoms with Crippen molar-refractivity contribution in [1.82, 2.24) is 26.2 Å². The number of rotatable bonds is 9. The van der Waals surface area contributed by atoms with Gasteiger partial charge in [-0.2, -0.15) is 13.2 Å². The Labute approximate surface area is 320 Å². The van der Waals surface area contributed by atoms with Crippen LogP contribution in [-0.4, -0.2) is 108 Å². The number of alkyl halides is 3. The lowest BCUT2D eigenvalue weighted by Crippen LogP contribution is -2.62. The van der Waals surface area contributed by atoms with Gasteiger partial charge in [-0.25, -0.2) is 0 Å². The van der Waals surface area contributed by atoms with Gasteiger partial charge in [-0.3, -0.25) is 28.8 Å². The first-order valence-electron chi connectivity index (χ1n) is 19.0. The molecule has 7 N–H and O–H groups in total. The number of ether oxygens (including phenoxy) is 1. The third kappa shape index (κ3) is 13.8. The van der Waals surface area contributed by atoms with Crippen molar-refractivity contribution in [2.45, 2.75) is 128 Å². The van der Waals surface area contributed by atoms with Gasteiger partial charge in [-0.15, -0.1) is 0 Å². The molecule has 0 radical (unpaired) electrons. The minimum absolute atomic E-state index is 0.109. The Hall–Kier alpha value is -4.25. The molecule has 1 aliphatic heterocycles. The highest BCUT2D eigenvalue weighted by Crippen LogP contribution is 2.30. The zero-order valence-corrected chi connectivity index (χ0v) is 32.2. The number of carbonyl (C=O) groups excluding carboxylic acids is 6. The zero-order valence-electron chi connectivity index (χ0n) is 32.2. The number of cyclic esters (lactones) is 1. The molecule has 0 bridgehead atoms. The molecule has 17 heteroatoms. The van der Waals surface area contributed by atoms with Crippen LogP contribution in [0.3, 0.4) is 0 Å². The number of esters is 1. The Morgan fingerprint density at radius 3 is 2.11 bits per heavy atom. The van der Waals surface area contributed by atoms with E-state index in [2.05, 4.69) is 21.3 Å². The highest BCUT2D eigenvalue weighted by molar-refractivity contribution is 5.96. The van der Waals surface area contributed by atoms with Gasteiger partial charge < -0.3 is 41.7 Å². The Morgan fingerprint density at radius 2 is 1.55 bits per heavy atom. The minimum atomic E-state index is -4.69. The molecular weight excluding hydrogens is 725 g/mol. The molecule has 5 amide bonds. The van der Waals surface area contributed by atoms with Crippen molar-refractivity contribution in [3.05, 3.63) is 35.4 Å². The number of hydrogen-bond acceptors (Lipinski definition) is 9. The number of benzene rings is 1. The van der Waals surface area contributed by atoms with Crippen molar-refractivity contribution in [3.8, 4) is 0 Å². The molecule has 2 aliphatic rings. The maximum absolute atomic E-state index is 14.6. The fraction of sp³-hybridized carbons (Fsp3) is 0.684. The summed E-state index contributed by atoms with van der Waals surface area (Å²) in [5.41, 5.74) is 7.31. The van der Waals surface area contributed by atoms with Crippen LogP contribution in [0.4, 0.5) is 13.2 Å². The van der Waals surface area contributed by atoms with E-state index in [0.29, 0.717) is 18.4 Å². The van der Waals surface area contributed by atoms with Crippen LogP contribution >= 0.6 is 0 Å². The summed E-state index contributed by atoms with van der Waals surface area (Å²) in [6, 6.07) is 1.51. The maximum atomic E-state index is 14.6. The first-order valence-corrected chi connectivity index (χ1v) is 19.0. The molecule has 14 nitrogen and oxygen atoms in total. The Bertz CT molecular complexity index is 1490. The molecule has 1 aromatic rings. The van der Waals surface area contributed by atoms with Gasteiger partial charge in [0.25, 0.3) is 0 Å². The number of carbonyl (C=O) groups is 6. The Balaban J connectivity index is 2.17. The number of halogens is 3. The van der Waals surface area contributed by atoms with Crippen molar-refractivity contribution < 1.29 is 51.8 Å². The third-order valence-corrected chi connectivity index (χ3v) is 10.2. The van der Waals surface area contributed by atoms with Crippen molar-refractivity contribution >= 4 is 35.5 Å². The van der Waals surface area contributed by atoms with Crippen LogP contribution in [0.15, 0.2) is 24.3 Å². The summed E-state index contributed by atoms with van der Waals surface area (Å²) < 4.78 is 46.7. The van der Waals surface area contributed by atoms with Crippen LogP contribution in [0.25, 0.3) is 0 Å². The summed E-state index contributed by atoms with van der Waals surface area (Å²) in [6.45, 7) is 5.37. The fourth-order valence-electron chi connectivity index (χ4n) is 7.05. The highest BCUT2D eigenvalue weighted by atomic mass is 19.4. The smallest absolute Gasteiger partial charge is 0.389 e. The lowest BCUT2D eigenvalue weighted by molar-refractivity contribution is -0.166. The van der Waals surface area contributed by atoms with E-state index in [1.54, 1.807) is 24.3 Å². The molecule has 1 aromatic carbocycles. The number of likely N-dealkylation sites (N-methyl/N-ethyl adjacent to an activating group) is 1. The summed E-state index contributed by atoms with van der Waals surface area (Å²) in [7, 11) is 1.35. The monoisotopic (exact) mass is 782 g/mol. The second-order valence-electron chi connectivity index (χ2n) is 15.2. The maximum Gasteiger partial charge on any atom is 0.389 e. The van der Waals surface area contributed by atoms with Gasteiger partial charge in [-0.05, 0) is 63.4 Å². The van der Waals surface area contributed by atoms with E-state index < -0.39 is 110 Å². The number of nitrogens with one attached hydrogen (secondary N) is 4. The minimum Gasteiger partial charge on any atom is -0.460 e. The number of aryl methyl sites for hydroxylation is 1. The average molecular weight is 783 g/mol. The van der Waals surface area contributed by atoms with Crippen molar-refractivity contribution in [1.29, 1.82) is 0 Å². The van der Waals surface area contributed by atoms with E-state index in [1.807, 2.05) is 20.8 Å². The lowest BCUT2D eigenvalue weighted by Gasteiger charge is -2.36. The van der Waals surface area contributed by atoms with E-state index in [1.165, 1.54) is 14.0 Å². The van der Waals surface area contributed by atoms with E-state index in [-0.39, 0.29) is 24.7 Å².